The monoisotopic (exact) mass is 280 g/mol. The Kier molecular flexibility index (Phi) is 4.61. The molecule has 114 valence electrons. The Morgan fingerprint density at radius 3 is 2.60 bits per heavy atom. The van der Waals surface area contributed by atoms with Crippen molar-refractivity contribution >= 4 is 5.97 Å². The summed E-state index contributed by atoms with van der Waals surface area (Å²) in [6.07, 6.45) is 9.18. The van der Waals surface area contributed by atoms with Crippen molar-refractivity contribution in [2.45, 2.75) is 63.5 Å². The Balaban J connectivity index is 1.55. The summed E-state index contributed by atoms with van der Waals surface area (Å²) in [5, 5.41) is 8.86. The Labute approximate surface area is 122 Å². The van der Waals surface area contributed by atoms with Gasteiger partial charge in [0.15, 0.2) is 0 Å². The molecule has 0 bridgehead atoms. The number of fused-ring (bicyclic) bond motifs is 1. The fourth-order valence-corrected chi connectivity index (χ4v) is 4.61. The van der Waals surface area contributed by atoms with Gasteiger partial charge >= 0.3 is 5.97 Å². The van der Waals surface area contributed by atoms with Crippen LogP contribution in [-0.4, -0.2) is 59.1 Å². The smallest absolute Gasteiger partial charge is 0.303 e. The molecule has 3 rings (SSSR count). The van der Waals surface area contributed by atoms with Crippen LogP contribution in [0, 0.1) is 5.92 Å². The standard InChI is InChI=1S/C16H28N2O2/c19-16(20)7-6-13-4-3-10-18(12-13)15-8-11-17-9-2-1-5-14(15)17/h13-15H,1-12H2,(H,19,20). The largest absolute Gasteiger partial charge is 0.481 e. The molecule has 0 radical (unpaired) electrons. The van der Waals surface area contributed by atoms with Crippen LogP contribution in [-0.2, 0) is 4.79 Å². The third-order valence-corrected chi connectivity index (χ3v) is 5.61. The van der Waals surface area contributed by atoms with Crippen LogP contribution in [0.25, 0.3) is 0 Å². The first-order valence-electron chi connectivity index (χ1n) is 8.44. The van der Waals surface area contributed by atoms with Gasteiger partial charge in [0.05, 0.1) is 0 Å². The summed E-state index contributed by atoms with van der Waals surface area (Å²) in [6, 6.07) is 1.55. The number of piperidine rings is 2. The molecule has 3 saturated heterocycles. The van der Waals surface area contributed by atoms with Gasteiger partial charge in [-0.2, -0.15) is 0 Å². The molecule has 0 amide bonds. The zero-order chi connectivity index (χ0) is 13.9. The van der Waals surface area contributed by atoms with Crippen molar-refractivity contribution in [1.82, 2.24) is 9.80 Å². The first-order chi connectivity index (χ1) is 9.74. The van der Waals surface area contributed by atoms with Gasteiger partial charge in [-0.3, -0.25) is 14.6 Å². The number of carboxylic acid groups (broad SMARTS) is 1. The summed E-state index contributed by atoms with van der Waals surface area (Å²) in [4.78, 5) is 16.2. The lowest BCUT2D eigenvalue weighted by atomic mass is 9.90. The van der Waals surface area contributed by atoms with Crippen LogP contribution in [0.4, 0.5) is 0 Å². The first kappa shape index (κ1) is 14.3. The van der Waals surface area contributed by atoms with Crippen LogP contribution in [0.2, 0.25) is 0 Å². The van der Waals surface area contributed by atoms with Crippen molar-refractivity contribution in [1.29, 1.82) is 0 Å². The van der Waals surface area contributed by atoms with E-state index < -0.39 is 5.97 Å². The van der Waals surface area contributed by atoms with E-state index in [-0.39, 0.29) is 0 Å². The maximum absolute atomic E-state index is 10.7. The van der Waals surface area contributed by atoms with Crippen LogP contribution in [0.5, 0.6) is 0 Å². The van der Waals surface area contributed by atoms with Crippen LogP contribution < -0.4 is 0 Å². The van der Waals surface area contributed by atoms with Crippen LogP contribution >= 0.6 is 0 Å². The lowest BCUT2D eigenvalue weighted by Crippen LogP contribution is -2.50. The van der Waals surface area contributed by atoms with Crippen molar-refractivity contribution < 1.29 is 9.90 Å². The fraction of sp³-hybridized carbons (Fsp3) is 0.938. The second-order valence-corrected chi connectivity index (χ2v) is 6.89. The van der Waals surface area contributed by atoms with Gasteiger partial charge in [-0.1, -0.05) is 6.42 Å². The molecule has 1 N–H and O–H groups in total. The molecule has 3 atom stereocenters. The zero-order valence-corrected chi connectivity index (χ0v) is 12.5. The molecule has 0 aromatic heterocycles. The summed E-state index contributed by atoms with van der Waals surface area (Å²) in [5.74, 6) is -0.0288. The van der Waals surface area contributed by atoms with Crippen LogP contribution in [0.15, 0.2) is 0 Å². The molecule has 20 heavy (non-hydrogen) atoms. The van der Waals surface area contributed by atoms with E-state index in [1.165, 1.54) is 58.2 Å². The van der Waals surface area contributed by atoms with E-state index in [9.17, 15) is 4.79 Å². The minimum Gasteiger partial charge on any atom is -0.481 e. The second-order valence-electron chi connectivity index (χ2n) is 6.89. The molecule has 3 heterocycles. The maximum Gasteiger partial charge on any atom is 0.303 e. The summed E-state index contributed by atoms with van der Waals surface area (Å²) < 4.78 is 0. The van der Waals surface area contributed by atoms with E-state index in [1.54, 1.807) is 0 Å². The topological polar surface area (TPSA) is 43.8 Å². The number of hydrogen-bond donors (Lipinski definition) is 1. The maximum atomic E-state index is 10.7. The zero-order valence-electron chi connectivity index (χ0n) is 12.5. The highest BCUT2D eigenvalue weighted by atomic mass is 16.4. The van der Waals surface area contributed by atoms with Crippen LogP contribution in [0.1, 0.15) is 51.4 Å². The summed E-state index contributed by atoms with van der Waals surface area (Å²) in [6.45, 7) is 4.96. The van der Waals surface area contributed by atoms with Gasteiger partial charge in [-0.05, 0) is 57.5 Å². The average molecular weight is 280 g/mol. The Hall–Kier alpha value is -0.610. The number of aliphatic carboxylic acids is 1. The van der Waals surface area contributed by atoms with E-state index in [0.717, 1.165) is 25.0 Å². The number of likely N-dealkylation sites (tertiary alicyclic amines) is 1. The molecular weight excluding hydrogens is 252 g/mol. The molecule has 0 aromatic carbocycles. The average Bonchev–Trinajstić information content (AvgIpc) is 2.89. The van der Waals surface area contributed by atoms with Gasteiger partial charge in [0.2, 0.25) is 0 Å². The molecule has 0 aliphatic carbocycles. The van der Waals surface area contributed by atoms with E-state index in [4.69, 9.17) is 5.11 Å². The molecule has 3 aliphatic rings. The molecule has 0 saturated carbocycles. The van der Waals surface area contributed by atoms with E-state index >= 15 is 0 Å². The minimum atomic E-state index is -0.638. The molecule has 4 heteroatoms. The number of nitrogens with zero attached hydrogens (tertiary/aromatic N) is 2. The van der Waals surface area contributed by atoms with Crippen LogP contribution in [0.3, 0.4) is 0 Å². The molecule has 0 spiro atoms. The molecule has 4 nitrogen and oxygen atoms in total. The number of hydrogen-bond acceptors (Lipinski definition) is 3. The highest BCUT2D eigenvalue weighted by Gasteiger charge is 2.39. The predicted molar refractivity (Wildman–Crippen MR) is 78.8 cm³/mol. The number of rotatable bonds is 4. The van der Waals surface area contributed by atoms with Gasteiger partial charge < -0.3 is 5.11 Å². The van der Waals surface area contributed by atoms with Crippen molar-refractivity contribution in [2.75, 3.05) is 26.2 Å². The lowest BCUT2D eigenvalue weighted by molar-refractivity contribution is -0.137. The van der Waals surface area contributed by atoms with Gasteiger partial charge in [0.25, 0.3) is 0 Å². The normalized spacial score (nSPS) is 35.9. The first-order valence-corrected chi connectivity index (χ1v) is 8.44. The molecule has 3 unspecified atom stereocenters. The Morgan fingerprint density at radius 1 is 0.950 bits per heavy atom. The van der Waals surface area contributed by atoms with Crippen molar-refractivity contribution in [3.63, 3.8) is 0 Å². The summed E-state index contributed by atoms with van der Waals surface area (Å²) in [5.41, 5.74) is 0. The quantitative estimate of drug-likeness (QED) is 0.857. The molecule has 3 aliphatic heterocycles. The van der Waals surface area contributed by atoms with E-state index in [0.29, 0.717) is 12.3 Å². The lowest BCUT2D eigenvalue weighted by Gasteiger charge is -2.41. The third kappa shape index (κ3) is 3.17. The second kappa shape index (κ2) is 6.44. The highest BCUT2D eigenvalue weighted by molar-refractivity contribution is 5.66. The molecule has 0 aromatic rings. The van der Waals surface area contributed by atoms with Crippen molar-refractivity contribution in [3.05, 3.63) is 0 Å². The SMILES string of the molecule is O=C(O)CCC1CCCN(C2CCN3CCCCC23)C1. The van der Waals surface area contributed by atoms with Gasteiger partial charge in [0.1, 0.15) is 0 Å². The predicted octanol–water partition coefficient (Wildman–Crippen LogP) is 2.19. The van der Waals surface area contributed by atoms with Crippen molar-refractivity contribution in [2.24, 2.45) is 5.92 Å². The highest BCUT2D eigenvalue weighted by Crippen LogP contribution is 2.33. The van der Waals surface area contributed by atoms with Gasteiger partial charge in [0, 0.05) is 31.6 Å². The van der Waals surface area contributed by atoms with Gasteiger partial charge in [-0.15, -0.1) is 0 Å². The third-order valence-electron chi connectivity index (χ3n) is 5.61. The minimum absolute atomic E-state index is 0.346. The van der Waals surface area contributed by atoms with E-state index in [1.807, 2.05) is 0 Å². The Morgan fingerprint density at radius 2 is 1.75 bits per heavy atom. The fourth-order valence-electron chi connectivity index (χ4n) is 4.61. The van der Waals surface area contributed by atoms with Crippen molar-refractivity contribution in [3.8, 4) is 0 Å². The number of carbonyl (C=O) groups is 1. The summed E-state index contributed by atoms with van der Waals surface area (Å²) >= 11 is 0. The van der Waals surface area contributed by atoms with E-state index in [2.05, 4.69) is 9.80 Å². The number of carboxylic acids is 1. The molecule has 3 fully saturated rings. The summed E-state index contributed by atoms with van der Waals surface area (Å²) in [7, 11) is 0. The molecular formula is C16H28N2O2. The Bertz CT molecular complexity index is 347. The van der Waals surface area contributed by atoms with Gasteiger partial charge in [-0.25, -0.2) is 0 Å².